The maximum Gasteiger partial charge on any atom is -0.00773 e. The lowest BCUT2D eigenvalue weighted by molar-refractivity contribution is 0.529. The van der Waals surface area contributed by atoms with Crippen LogP contribution in [0.15, 0.2) is 0 Å². The molecule has 0 aliphatic carbocycles. The summed E-state index contributed by atoms with van der Waals surface area (Å²) in [7, 11) is 0. The molecule has 0 aliphatic heterocycles. The van der Waals surface area contributed by atoms with E-state index in [0.717, 1.165) is 26.2 Å². The van der Waals surface area contributed by atoms with E-state index in [4.69, 9.17) is 22.9 Å². The zero-order valence-corrected chi connectivity index (χ0v) is 23.5. The first-order chi connectivity index (χ1) is 16.8. The highest BCUT2D eigenvalue weighted by molar-refractivity contribution is 4.51. The Hall–Kier alpha value is -0.160. The Labute approximate surface area is 216 Å². The van der Waals surface area contributed by atoms with Crippen molar-refractivity contribution in [1.82, 2.24) is 0 Å². The Balaban J connectivity index is 0. The average molecular weight is 485 g/mol. The fourth-order valence-corrected chi connectivity index (χ4v) is 4.47. The minimum absolute atomic E-state index is 0.860. The van der Waals surface area contributed by atoms with Gasteiger partial charge in [0.05, 0.1) is 0 Å². The Morgan fingerprint density at radius 1 is 0.147 bits per heavy atom. The number of hydrogen-bond donors (Lipinski definition) is 4. The van der Waals surface area contributed by atoms with Gasteiger partial charge in [0.15, 0.2) is 0 Å². The predicted octanol–water partition coefficient (Wildman–Crippen LogP) is 7.95. The van der Waals surface area contributed by atoms with Crippen LogP contribution in [0.3, 0.4) is 0 Å². The molecule has 0 aromatic rings. The standard InChI is InChI=1S/C18H40N2.C12H28N2/c19-17-15-13-11-9-7-5-3-1-2-4-6-8-10-12-14-16-18-20;13-11-9-7-5-3-1-2-4-6-8-10-12-14/h1-20H2;1-14H2. The highest BCUT2D eigenvalue weighted by Crippen LogP contribution is 2.13. The molecular formula is C30H68N4. The second kappa shape index (κ2) is 37.4. The van der Waals surface area contributed by atoms with Gasteiger partial charge in [0, 0.05) is 0 Å². The van der Waals surface area contributed by atoms with Gasteiger partial charge >= 0.3 is 0 Å². The topological polar surface area (TPSA) is 104 Å². The first kappa shape index (κ1) is 36.0. The highest BCUT2D eigenvalue weighted by atomic mass is 14.5. The summed E-state index contributed by atoms with van der Waals surface area (Å²) < 4.78 is 0. The maximum atomic E-state index is 5.48. The van der Waals surface area contributed by atoms with Crippen molar-refractivity contribution in [2.45, 2.75) is 167 Å². The van der Waals surface area contributed by atoms with E-state index in [0.29, 0.717) is 0 Å². The van der Waals surface area contributed by atoms with Gasteiger partial charge in [-0.3, -0.25) is 0 Å². The smallest absolute Gasteiger partial charge is 0.00773 e. The number of nitrogens with two attached hydrogens (primary N) is 4. The van der Waals surface area contributed by atoms with E-state index in [2.05, 4.69) is 0 Å². The molecule has 0 rings (SSSR count). The summed E-state index contributed by atoms with van der Waals surface area (Å²) in [5.41, 5.74) is 21.8. The maximum absolute atomic E-state index is 5.48. The quantitative estimate of drug-likeness (QED) is 0.0845. The minimum atomic E-state index is 0.860. The first-order valence-electron chi connectivity index (χ1n) is 15.6. The molecular weight excluding hydrogens is 416 g/mol. The van der Waals surface area contributed by atoms with E-state index in [9.17, 15) is 0 Å². The molecule has 0 heterocycles. The van der Waals surface area contributed by atoms with Crippen molar-refractivity contribution in [2.75, 3.05) is 26.2 Å². The average Bonchev–Trinajstić information content (AvgIpc) is 2.85. The summed E-state index contributed by atoms with van der Waals surface area (Å²) in [6.45, 7) is 3.46. The lowest BCUT2D eigenvalue weighted by Crippen LogP contribution is -1.97. The zero-order valence-electron chi connectivity index (χ0n) is 23.5. The van der Waals surface area contributed by atoms with Gasteiger partial charge in [0.2, 0.25) is 0 Å². The van der Waals surface area contributed by atoms with Gasteiger partial charge in [-0.05, 0) is 51.9 Å². The van der Waals surface area contributed by atoms with Crippen LogP contribution in [0.5, 0.6) is 0 Å². The van der Waals surface area contributed by atoms with Crippen molar-refractivity contribution < 1.29 is 0 Å². The van der Waals surface area contributed by atoms with Crippen molar-refractivity contribution >= 4 is 0 Å². The summed E-state index contributed by atoms with van der Waals surface area (Å²) >= 11 is 0. The van der Waals surface area contributed by atoms with Gasteiger partial charge in [-0.1, -0.05) is 141 Å². The van der Waals surface area contributed by atoms with E-state index in [1.165, 1.54) is 167 Å². The highest BCUT2D eigenvalue weighted by Gasteiger charge is 1.95. The molecule has 0 amide bonds. The van der Waals surface area contributed by atoms with Crippen LogP contribution in [0.25, 0.3) is 0 Å². The van der Waals surface area contributed by atoms with Crippen LogP contribution in [-0.2, 0) is 0 Å². The van der Waals surface area contributed by atoms with Crippen LogP contribution in [-0.4, -0.2) is 26.2 Å². The Morgan fingerprint density at radius 3 is 0.324 bits per heavy atom. The van der Waals surface area contributed by atoms with Gasteiger partial charge < -0.3 is 22.9 Å². The molecule has 0 bridgehead atoms. The largest absolute Gasteiger partial charge is 0.330 e. The number of rotatable bonds is 28. The first-order valence-corrected chi connectivity index (χ1v) is 15.6. The van der Waals surface area contributed by atoms with Crippen molar-refractivity contribution in [3.63, 3.8) is 0 Å². The molecule has 8 N–H and O–H groups in total. The summed E-state index contributed by atoms with van der Waals surface area (Å²) in [5, 5.41) is 0. The van der Waals surface area contributed by atoms with Gasteiger partial charge in [-0.25, -0.2) is 0 Å². The van der Waals surface area contributed by atoms with Crippen LogP contribution in [0.1, 0.15) is 167 Å². The number of hydrogen-bond acceptors (Lipinski definition) is 4. The van der Waals surface area contributed by atoms with Gasteiger partial charge in [0.1, 0.15) is 0 Å². The molecule has 0 fully saturated rings. The molecule has 0 saturated heterocycles. The molecule has 4 nitrogen and oxygen atoms in total. The van der Waals surface area contributed by atoms with Crippen molar-refractivity contribution in [2.24, 2.45) is 22.9 Å². The molecule has 208 valence electrons. The molecule has 34 heavy (non-hydrogen) atoms. The van der Waals surface area contributed by atoms with Crippen LogP contribution in [0.4, 0.5) is 0 Å². The fraction of sp³-hybridized carbons (Fsp3) is 1.00. The lowest BCUT2D eigenvalue weighted by Gasteiger charge is -2.03. The minimum Gasteiger partial charge on any atom is -0.330 e. The summed E-state index contributed by atoms with van der Waals surface area (Å²) in [5.74, 6) is 0. The van der Waals surface area contributed by atoms with Gasteiger partial charge in [-0.15, -0.1) is 0 Å². The SMILES string of the molecule is NCCCCCCCCCCCCCCCCCCN.NCCCCCCCCCCCCN. The summed E-state index contributed by atoms with van der Waals surface area (Å²) in [6.07, 6.45) is 35.7. The van der Waals surface area contributed by atoms with E-state index >= 15 is 0 Å². The van der Waals surface area contributed by atoms with Crippen LogP contribution >= 0.6 is 0 Å². The fourth-order valence-electron chi connectivity index (χ4n) is 4.47. The third-order valence-corrected chi connectivity index (χ3v) is 6.82. The molecule has 0 saturated carbocycles. The lowest BCUT2D eigenvalue weighted by atomic mass is 10.0. The van der Waals surface area contributed by atoms with E-state index < -0.39 is 0 Å². The Morgan fingerprint density at radius 2 is 0.235 bits per heavy atom. The molecule has 0 unspecified atom stereocenters. The van der Waals surface area contributed by atoms with Crippen LogP contribution in [0.2, 0.25) is 0 Å². The second-order valence-electron chi connectivity index (χ2n) is 10.3. The third kappa shape index (κ3) is 39.1. The summed E-state index contributed by atoms with van der Waals surface area (Å²) in [6, 6.07) is 0. The zero-order chi connectivity index (χ0) is 25.2. The monoisotopic (exact) mass is 485 g/mol. The molecule has 0 aromatic heterocycles. The van der Waals surface area contributed by atoms with Crippen molar-refractivity contribution in [3.05, 3.63) is 0 Å². The number of unbranched alkanes of at least 4 members (excludes halogenated alkanes) is 24. The second-order valence-corrected chi connectivity index (χ2v) is 10.3. The molecule has 0 aromatic carbocycles. The van der Waals surface area contributed by atoms with Gasteiger partial charge in [0.25, 0.3) is 0 Å². The molecule has 0 spiro atoms. The summed E-state index contributed by atoms with van der Waals surface area (Å²) in [4.78, 5) is 0. The third-order valence-electron chi connectivity index (χ3n) is 6.82. The van der Waals surface area contributed by atoms with E-state index in [1.54, 1.807) is 0 Å². The predicted molar refractivity (Wildman–Crippen MR) is 156 cm³/mol. The van der Waals surface area contributed by atoms with Gasteiger partial charge in [-0.2, -0.15) is 0 Å². The Bertz CT molecular complexity index is 282. The molecule has 0 atom stereocenters. The van der Waals surface area contributed by atoms with Crippen molar-refractivity contribution in [1.29, 1.82) is 0 Å². The van der Waals surface area contributed by atoms with Crippen LogP contribution < -0.4 is 22.9 Å². The van der Waals surface area contributed by atoms with E-state index in [-0.39, 0.29) is 0 Å². The molecule has 0 aliphatic rings. The van der Waals surface area contributed by atoms with E-state index in [1.807, 2.05) is 0 Å². The van der Waals surface area contributed by atoms with Crippen molar-refractivity contribution in [3.8, 4) is 0 Å². The van der Waals surface area contributed by atoms with Crippen LogP contribution in [0, 0.1) is 0 Å². The normalized spacial score (nSPS) is 10.9. The molecule has 4 heteroatoms. The molecule has 0 radical (unpaired) electrons. The Kier molecular flexibility index (Phi) is 39.6.